The first-order valence-corrected chi connectivity index (χ1v) is 6.70. The Balaban J connectivity index is 2.52. The second-order valence-corrected chi connectivity index (χ2v) is 4.67. The highest BCUT2D eigenvalue weighted by molar-refractivity contribution is 5.34. The molecule has 0 fully saturated rings. The lowest BCUT2D eigenvalue weighted by atomic mass is 9.96. The summed E-state index contributed by atoms with van der Waals surface area (Å²) in [5, 5.41) is 21.7. The minimum absolute atomic E-state index is 0.0554. The Morgan fingerprint density at radius 2 is 2.05 bits per heavy atom. The molecule has 0 aliphatic rings. The van der Waals surface area contributed by atoms with E-state index in [2.05, 4.69) is 5.32 Å². The Bertz CT molecular complexity index is 438. The molecular weight excluding hydrogens is 243 g/mol. The van der Waals surface area contributed by atoms with Gasteiger partial charge in [-0.25, -0.2) is 4.39 Å². The smallest absolute Gasteiger partial charge is 0.145 e. The SMILES string of the molecule is CCC(CC)C(O)CNCc1cccc(C#N)c1F. The molecular formula is C15H21FN2O. The lowest BCUT2D eigenvalue weighted by molar-refractivity contribution is 0.101. The van der Waals surface area contributed by atoms with E-state index in [9.17, 15) is 9.50 Å². The summed E-state index contributed by atoms with van der Waals surface area (Å²) in [6.45, 7) is 4.85. The molecule has 104 valence electrons. The average Bonchev–Trinajstić information content (AvgIpc) is 2.42. The van der Waals surface area contributed by atoms with Gasteiger partial charge >= 0.3 is 0 Å². The molecule has 19 heavy (non-hydrogen) atoms. The van der Waals surface area contributed by atoms with E-state index < -0.39 is 11.9 Å². The van der Waals surface area contributed by atoms with Crippen molar-refractivity contribution in [3.63, 3.8) is 0 Å². The Hall–Kier alpha value is -1.44. The first kappa shape index (κ1) is 15.6. The number of aliphatic hydroxyl groups is 1. The number of halogens is 1. The fourth-order valence-electron chi connectivity index (χ4n) is 2.16. The molecule has 0 radical (unpaired) electrons. The summed E-state index contributed by atoms with van der Waals surface area (Å²) in [6.07, 6.45) is 1.44. The van der Waals surface area contributed by atoms with Crippen LogP contribution in [0.25, 0.3) is 0 Å². The first-order valence-electron chi connectivity index (χ1n) is 6.70. The van der Waals surface area contributed by atoms with Gasteiger partial charge in [0.1, 0.15) is 11.9 Å². The molecule has 0 aliphatic heterocycles. The summed E-state index contributed by atoms with van der Waals surface area (Å²) < 4.78 is 13.8. The van der Waals surface area contributed by atoms with Gasteiger partial charge in [0, 0.05) is 18.7 Å². The van der Waals surface area contributed by atoms with Crippen molar-refractivity contribution in [2.24, 2.45) is 5.92 Å². The van der Waals surface area contributed by atoms with Gasteiger partial charge < -0.3 is 10.4 Å². The second-order valence-electron chi connectivity index (χ2n) is 4.67. The van der Waals surface area contributed by atoms with Gasteiger partial charge in [-0.05, 0) is 12.0 Å². The zero-order valence-corrected chi connectivity index (χ0v) is 11.5. The van der Waals surface area contributed by atoms with Gasteiger partial charge in [0.2, 0.25) is 0 Å². The first-order chi connectivity index (χ1) is 9.13. The van der Waals surface area contributed by atoms with Gasteiger partial charge in [0.15, 0.2) is 0 Å². The summed E-state index contributed by atoms with van der Waals surface area (Å²) in [5.41, 5.74) is 0.510. The number of nitrogens with zero attached hydrogens (tertiary/aromatic N) is 1. The van der Waals surface area contributed by atoms with Crippen molar-refractivity contribution in [2.75, 3.05) is 6.54 Å². The van der Waals surface area contributed by atoms with E-state index >= 15 is 0 Å². The van der Waals surface area contributed by atoms with Crippen molar-refractivity contribution in [1.82, 2.24) is 5.32 Å². The van der Waals surface area contributed by atoms with Crippen LogP contribution < -0.4 is 5.32 Å². The van der Waals surface area contributed by atoms with E-state index in [-0.39, 0.29) is 11.5 Å². The fourth-order valence-corrected chi connectivity index (χ4v) is 2.16. The van der Waals surface area contributed by atoms with Crippen LogP contribution in [0, 0.1) is 23.1 Å². The molecule has 0 bridgehead atoms. The van der Waals surface area contributed by atoms with Crippen molar-refractivity contribution < 1.29 is 9.50 Å². The molecule has 0 aliphatic carbocycles. The third kappa shape index (κ3) is 4.30. The third-order valence-corrected chi connectivity index (χ3v) is 3.46. The number of nitriles is 1. The molecule has 3 nitrogen and oxygen atoms in total. The topological polar surface area (TPSA) is 56.0 Å². The number of hydrogen-bond acceptors (Lipinski definition) is 3. The van der Waals surface area contributed by atoms with E-state index in [1.54, 1.807) is 12.1 Å². The quantitative estimate of drug-likeness (QED) is 0.796. The Kier molecular flexibility index (Phi) is 6.48. The van der Waals surface area contributed by atoms with Crippen LogP contribution in [0.15, 0.2) is 18.2 Å². The van der Waals surface area contributed by atoms with Crippen LogP contribution in [0.1, 0.15) is 37.8 Å². The van der Waals surface area contributed by atoms with Crippen molar-refractivity contribution in [1.29, 1.82) is 5.26 Å². The van der Waals surface area contributed by atoms with Crippen LogP contribution >= 0.6 is 0 Å². The highest BCUT2D eigenvalue weighted by Gasteiger charge is 2.15. The normalized spacial score (nSPS) is 12.4. The van der Waals surface area contributed by atoms with E-state index in [0.29, 0.717) is 18.7 Å². The van der Waals surface area contributed by atoms with Gasteiger partial charge in [0.25, 0.3) is 0 Å². The van der Waals surface area contributed by atoms with E-state index in [1.807, 2.05) is 19.9 Å². The van der Waals surface area contributed by atoms with E-state index in [0.717, 1.165) is 12.8 Å². The predicted octanol–water partition coefficient (Wildman–Crippen LogP) is 2.58. The zero-order valence-electron chi connectivity index (χ0n) is 11.5. The summed E-state index contributed by atoms with van der Waals surface area (Å²) >= 11 is 0. The van der Waals surface area contributed by atoms with E-state index in [4.69, 9.17) is 5.26 Å². The molecule has 0 saturated heterocycles. The molecule has 0 heterocycles. The predicted molar refractivity (Wildman–Crippen MR) is 72.9 cm³/mol. The number of nitrogens with one attached hydrogen (secondary N) is 1. The molecule has 1 aromatic rings. The maximum absolute atomic E-state index is 13.8. The summed E-state index contributed by atoms with van der Waals surface area (Å²) in [7, 11) is 0. The van der Waals surface area contributed by atoms with Crippen LogP contribution in [0.3, 0.4) is 0 Å². The van der Waals surface area contributed by atoms with Crippen molar-refractivity contribution >= 4 is 0 Å². The minimum Gasteiger partial charge on any atom is -0.392 e. The maximum Gasteiger partial charge on any atom is 0.145 e. The molecule has 0 aromatic heterocycles. The van der Waals surface area contributed by atoms with Gasteiger partial charge in [-0.2, -0.15) is 5.26 Å². The number of hydrogen-bond donors (Lipinski definition) is 2. The second kappa shape index (κ2) is 7.88. The van der Waals surface area contributed by atoms with Crippen molar-refractivity contribution in [3.05, 3.63) is 35.1 Å². The number of benzene rings is 1. The highest BCUT2D eigenvalue weighted by atomic mass is 19.1. The lowest BCUT2D eigenvalue weighted by Crippen LogP contribution is -2.32. The van der Waals surface area contributed by atoms with Crippen LogP contribution in [0.2, 0.25) is 0 Å². The van der Waals surface area contributed by atoms with Crippen LogP contribution in [-0.2, 0) is 6.54 Å². The van der Waals surface area contributed by atoms with E-state index in [1.165, 1.54) is 6.07 Å². The molecule has 1 rings (SSSR count). The summed E-state index contributed by atoms with van der Waals surface area (Å²) in [6, 6.07) is 6.58. The van der Waals surface area contributed by atoms with Crippen molar-refractivity contribution in [3.8, 4) is 6.07 Å². The molecule has 1 atom stereocenters. The molecule has 0 amide bonds. The molecule has 2 N–H and O–H groups in total. The lowest BCUT2D eigenvalue weighted by Gasteiger charge is -2.20. The van der Waals surface area contributed by atoms with Gasteiger partial charge in [-0.3, -0.25) is 0 Å². The summed E-state index contributed by atoms with van der Waals surface area (Å²) in [5.74, 6) is -0.211. The standard InChI is InChI=1S/C15H21FN2O/c1-3-11(4-2)14(19)10-18-9-13-7-5-6-12(8-17)15(13)16/h5-7,11,14,18-19H,3-4,9-10H2,1-2H3. The molecule has 1 aromatic carbocycles. The molecule has 4 heteroatoms. The maximum atomic E-state index is 13.8. The summed E-state index contributed by atoms with van der Waals surface area (Å²) in [4.78, 5) is 0. The van der Waals surface area contributed by atoms with Gasteiger partial charge in [0.05, 0.1) is 11.7 Å². The van der Waals surface area contributed by atoms with Crippen LogP contribution in [0.4, 0.5) is 4.39 Å². The zero-order chi connectivity index (χ0) is 14.3. The van der Waals surface area contributed by atoms with Crippen LogP contribution in [0.5, 0.6) is 0 Å². The molecule has 0 spiro atoms. The molecule has 1 unspecified atom stereocenters. The minimum atomic E-state index is -0.477. The Labute approximate surface area is 114 Å². The van der Waals surface area contributed by atoms with Gasteiger partial charge in [-0.1, -0.05) is 38.8 Å². The number of aliphatic hydroxyl groups excluding tert-OH is 1. The Morgan fingerprint density at radius 1 is 1.37 bits per heavy atom. The van der Waals surface area contributed by atoms with Gasteiger partial charge in [-0.15, -0.1) is 0 Å². The van der Waals surface area contributed by atoms with Crippen molar-refractivity contribution in [2.45, 2.75) is 39.3 Å². The Morgan fingerprint density at radius 3 is 2.63 bits per heavy atom. The molecule has 0 saturated carbocycles. The monoisotopic (exact) mass is 264 g/mol. The average molecular weight is 264 g/mol. The largest absolute Gasteiger partial charge is 0.392 e. The third-order valence-electron chi connectivity index (χ3n) is 3.46. The van der Waals surface area contributed by atoms with Crippen LogP contribution in [-0.4, -0.2) is 17.8 Å². The fraction of sp³-hybridized carbons (Fsp3) is 0.533. The highest BCUT2D eigenvalue weighted by Crippen LogP contribution is 2.14. The number of rotatable bonds is 7.